The Labute approximate surface area is 164 Å². The fourth-order valence-corrected chi connectivity index (χ4v) is 3.55. The van der Waals surface area contributed by atoms with E-state index in [-0.39, 0.29) is 0 Å². The molecule has 0 saturated heterocycles. The second-order valence-electron chi connectivity index (χ2n) is 7.01. The van der Waals surface area contributed by atoms with Crippen molar-refractivity contribution in [3.05, 3.63) is 54.0 Å². The molecule has 4 rings (SSSR count). The summed E-state index contributed by atoms with van der Waals surface area (Å²) >= 11 is 0. The van der Waals surface area contributed by atoms with Crippen molar-refractivity contribution < 1.29 is 0 Å². The zero-order chi connectivity index (χ0) is 19.3. The van der Waals surface area contributed by atoms with E-state index in [0.717, 1.165) is 47.7 Å². The van der Waals surface area contributed by atoms with Crippen LogP contribution in [0.15, 0.2) is 41.5 Å². The van der Waals surface area contributed by atoms with Crippen molar-refractivity contribution in [2.75, 3.05) is 14.1 Å². The molecule has 2 aromatic heterocycles. The highest BCUT2D eigenvalue weighted by Crippen LogP contribution is 2.17. The lowest BCUT2D eigenvalue weighted by Gasteiger charge is -2.21. The average Bonchev–Trinajstić information content (AvgIpc) is 3.36. The smallest absolute Gasteiger partial charge is 0.194 e. The summed E-state index contributed by atoms with van der Waals surface area (Å²) in [6, 6.07) is 10.2. The highest BCUT2D eigenvalue weighted by Gasteiger charge is 2.16. The number of aryl methyl sites for hydroxylation is 1. The second kappa shape index (κ2) is 8.24. The van der Waals surface area contributed by atoms with Crippen LogP contribution in [0.25, 0.3) is 11.3 Å². The molecule has 1 aliphatic rings. The first-order valence-electron chi connectivity index (χ1n) is 9.66. The number of guanidine groups is 1. The molecule has 0 atom stereocenters. The summed E-state index contributed by atoms with van der Waals surface area (Å²) in [6.07, 6.45) is 5.28. The van der Waals surface area contributed by atoms with Crippen LogP contribution >= 0.6 is 0 Å². The predicted molar refractivity (Wildman–Crippen MR) is 109 cm³/mol. The Morgan fingerprint density at radius 2 is 2.11 bits per heavy atom. The maximum atomic E-state index is 4.51. The van der Waals surface area contributed by atoms with Gasteiger partial charge in [0.15, 0.2) is 11.8 Å². The Morgan fingerprint density at radius 1 is 1.25 bits per heavy atom. The lowest BCUT2D eigenvalue weighted by atomic mass is 10.2. The van der Waals surface area contributed by atoms with Gasteiger partial charge in [-0.1, -0.05) is 30.3 Å². The van der Waals surface area contributed by atoms with Crippen molar-refractivity contribution in [2.45, 2.75) is 38.9 Å². The van der Waals surface area contributed by atoms with E-state index in [9.17, 15) is 0 Å². The van der Waals surface area contributed by atoms with Crippen LogP contribution in [0.3, 0.4) is 0 Å². The van der Waals surface area contributed by atoms with Crippen molar-refractivity contribution >= 4 is 5.96 Å². The Balaban J connectivity index is 1.37. The molecular formula is C20H26N8. The van der Waals surface area contributed by atoms with Gasteiger partial charge in [-0.15, -0.1) is 10.2 Å². The molecule has 0 radical (unpaired) electrons. The molecule has 0 spiro atoms. The molecule has 0 aliphatic carbocycles. The van der Waals surface area contributed by atoms with Crippen molar-refractivity contribution in [2.24, 2.45) is 4.99 Å². The Bertz CT molecular complexity index is 940. The van der Waals surface area contributed by atoms with Gasteiger partial charge in [-0.05, 0) is 18.4 Å². The van der Waals surface area contributed by atoms with Crippen LogP contribution < -0.4 is 5.32 Å². The Morgan fingerprint density at radius 3 is 2.93 bits per heavy atom. The number of aromatic amines is 1. The van der Waals surface area contributed by atoms with Gasteiger partial charge in [-0.2, -0.15) is 0 Å². The van der Waals surface area contributed by atoms with Gasteiger partial charge in [0.05, 0.1) is 25.0 Å². The third-order valence-electron chi connectivity index (χ3n) is 5.01. The third-order valence-corrected chi connectivity index (χ3v) is 5.01. The molecule has 28 heavy (non-hydrogen) atoms. The van der Waals surface area contributed by atoms with Crippen molar-refractivity contribution in [1.29, 1.82) is 0 Å². The monoisotopic (exact) mass is 378 g/mol. The standard InChI is InChI=1S/C20H26N8/c1-21-20(23-13-19-26-25-18-10-6-7-11-28(18)19)27(2)14-17-22-12-16(24-17)15-8-4-3-5-9-15/h3-5,8-9,12H,6-7,10-11,13-14H2,1-2H3,(H,21,23)(H,22,24). The fourth-order valence-electron chi connectivity index (χ4n) is 3.55. The van der Waals surface area contributed by atoms with Gasteiger partial charge in [0.25, 0.3) is 0 Å². The number of nitrogens with zero attached hydrogens (tertiary/aromatic N) is 6. The lowest BCUT2D eigenvalue weighted by molar-refractivity contribution is 0.458. The van der Waals surface area contributed by atoms with Gasteiger partial charge in [0, 0.05) is 27.1 Å². The van der Waals surface area contributed by atoms with Crippen LogP contribution in [-0.4, -0.2) is 49.7 Å². The Hall–Kier alpha value is -3.16. The summed E-state index contributed by atoms with van der Waals surface area (Å²) in [5.74, 6) is 3.75. The van der Waals surface area contributed by atoms with Gasteiger partial charge < -0.3 is 19.8 Å². The van der Waals surface area contributed by atoms with E-state index in [1.807, 2.05) is 36.3 Å². The van der Waals surface area contributed by atoms with Crippen molar-refractivity contribution in [3.8, 4) is 11.3 Å². The number of nitrogens with one attached hydrogen (secondary N) is 2. The maximum Gasteiger partial charge on any atom is 0.194 e. The van der Waals surface area contributed by atoms with E-state index in [0.29, 0.717) is 13.1 Å². The predicted octanol–water partition coefficient (Wildman–Crippen LogP) is 2.21. The number of rotatable bonds is 5. The summed E-state index contributed by atoms with van der Waals surface area (Å²) in [5, 5.41) is 12.0. The van der Waals surface area contributed by atoms with E-state index in [1.54, 1.807) is 7.05 Å². The number of benzene rings is 1. The number of fused-ring (bicyclic) bond motifs is 1. The molecule has 0 fully saturated rings. The topological polar surface area (TPSA) is 87.0 Å². The Kier molecular flexibility index (Phi) is 5.36. The van der Waals surface area contributed by atoms with Gasteiger partial charge in [-0.3, -0.25) is 4.99 Å². The van der Waals surface area contributed by atoms with Gasteiger partial charge in [0.1, 0.15) is 11.6 Å². The molecular weight excluding hydrogens is 352 g/mol. The van der Waals surface area contributed by atoms with E-state index in [1.165, 1.54) is 12.8 Å². The first-order chi connectivity index (χ1) is 13.7. The molecule has 8 heteroatoms. The fraction of sp³-hybridized carbons (Fsp3) is 0.400. The number of aliphatic imine (C=N–C) groups is 1. The van der Waals surface area contributed by atoms with E-state index >= 15 is 0 Å². The number of hydrogen-bond acceptors (Lipinski definition) is 4. The first-order valence-corrected chi connectivity index (χ1v) is 9.66. The van der Waals surface area contributed by atoms with Crippen molar-refractivity contribution in [3.63, 3.8) is 0 Å². The molecule has 146 valence electrons. The minimum atomic E-state index is 0.609. The molecule has 1 aromatic carbocycles. The molecule has 0 unspecified atom stereocenters. The van der Waals surface area contributed by atoms with Crippen LogP contribution in [0.2, 0.25) is 0 Å². The van der Waals surface area contributed by atoms with Crippen LogP contribution in [0, 0.1) is 0 Å². The molecule has 8 nitrogen and oxygen atoms in total. The van der Waals surface area contributed by atoms with E-state index in [2.05, 4.69) is 47.2 Å². The molecule has 3 aromatic rings. The average molecular weight is 378 g/mol. The van der Waals surface area contributed by atoms with Gasteiger partial charge in [0.2, 0.25) is 0 Å². The van der Waals surface area contributed by atoms with E-state index in [4.69, 9.17) is 0 Å². The molecule has 0 saturated carbocycles. The highest BCUT2D eigenvalue weighted by molar-refractivity contribution is 5.79. The quantitative estimate of drug-likeness (QED) is 0.525. The second-order valence-corrected chi connectivity index (χ2v) is 7.01. The summed E-state index contributed by atoms with van der Waals surface area (Å²) in [6.45, 7) is 2.24. The summed E-state index contributed by atoms with van der Waals surface area (Å²) in [5.41, 5.74) is 2.14. The zero-order valence-corrected chi connectivity index (χ0v) is 16.4. The highest BCUT2D eigenvalue weighted by atomic mass is 15.3. The van der Waals surface area contributed by atoms with Crippen LogP contribution in [-0.2, 0) is 26.1 Å². The first kappa shape index (κ1) is 18.2. The van der Waals surface area contributed by atoms with E-state index < -0.39 is 0 Å². The van der Waals surface area contributed by atoms with Crippen LogP contribution in [0.5, 0.6) is 0 Å². The van der Waals surface area contributed by atoms with Crippen LogP contribution in [0.4, 0.5) is 0 Å². The normalized spacial score (nSPS) is 14.0. The maximum absolute atomic E-state index is 4.51. The van der Waals surface area contributed by atoms with Crippen LogP contribution in [0.1, 0.15) is 30.3 Å². The number of imidazole rings is 1. The number of aromatic nitrogens is 5. The summed E-state index contributed by atoms with van der Waals surface area (Å²) < 4.78 is 2.22. The SMILES string of the molecule is CN=C(NCc1nnc2n1CCCC2)N(C)Cc1ncc(-c2ccccc2)[nH]1. The molecule has 2 N–H and O–H groups in total. The summed E-state index contributed by atoms with van der Waals surface area (Å²) in [7, 11) is 3.79. The molecule has 3 heterocycles. The zero-order valence-electron chi connectivity index (χ0n) is 16.4. The summed E-state index contributed by atoms with van der Waals surface area (Å²) in [4.78, 5) is 14.3. The van der Waals surface area contributed by atoms with Crippen molar-refractivity contribution in [1.82, 2.24) is 34.9 Å². The largest absolute Gasteiger partial charge is 0.349 e. The minimum absolute atomic E-state index is 0.609. The minimum Gasteiger partial charge on any atom is -0.349 e. The third kappa shape index (κ3) is 3.90. The number of H-pyrrole nitrogens is 1. The van der Waals surface area contributed by atoms with Gasteiger partial charge in [-0.25, -0.2) is 4.98 Å². The lowest BCUT2D eigenvalue weighted by Crippen LogP contribution is -2.38. The molecule has 1 aliphatic heterocycles. The molecule has 0 amide bonds. The van der Waals surface area contributed by atoms with Gasteiger partial charge >= 0.3 is 0 Å². The molecule has 0 bridgehead atoms. The number of hydrogen-bond donors (Lipinski definition) is 2.